The fourth-order valence-electron chi connectivity index (χ4n) is 2.16. The number of hydrogen-bond donors (Lipinski definition) is 2. The summed E-state index contributed by atoms with van der Waals surface area (Å²) in [6.07, 6.45) is 0.748. The summed E-state index contributed by atoms with van der Waals surface area (Å²) < 4.78 is 5.38. The Bertz CT molecular complexity index is 516. The summed E-state index contributed by atoms with van der Waals surface area (Å²) in [6, 6.07) is 4.94. The average Bonchev–Trinajstić information content (AvgIpc) is 2.62. The Balaban J connectivity index is 2.21. The molecular formula is C14H19N3O3. The Labute approximate surface area is 117 Å². The van der Waals surface area contributed by atoms with Crippen molar-refractivity contribution in [3.05, 3.63) is 23.8 Å². The van der Waals surface area contributed by atoms with E-state index in [1.54, 1.807) is 18.2 Å². The van der Waals surface area contributed by atoms with Crippen molar-refractivity contribution < 1.29 is 14.3 Å². The van der Waals surface area contributed by atoms with Crippen molar-refractivity contribution in [3.8, 4) is 5.75 Å². The summed E-state index contributed by atoms with van der Waals surface area (Å²) in [6.45, 7) is 3.60. The van der Waals surface area contributed by atoms with Crippen LogP contribution in [0.1, 0.15) is 23.7 Å². The van der Waals surface area contributed by atoms with Gasteiger partial charge >= 0.3 is 0 Å². The van der Waals surface area contributed by atoms with E-state index in [0.29, 0.717) is 36.7 Å². The second kappa shape index (κ2) is 6.27. The second-order valence-corrected chi connectivity index (χ2v) is 4.65. The average molecular weight is 277 g/mol. The van der Waals surface area contributed by atoms with Gasteiger partial charge in [-0.1, -0.05) is 0 Å². The smallest absolute Gasteiger partial charge is 0.254 e. The van der Waals surface area contributed by atoms with Gasteiger partial charge in [-0.25, -0.2) is 0 Å². The molecule has 108 valence electrons. The van der Waals surface area contributed by atoms with Crippen molar-refractivity contribution in [2.24, 2.45) is 0 Å². The van der Waals surface area contributed by atoms with Crippen molar-refractivity contribution >= 4 is 17.5 Å². The van der Waals surface area contributed by atoms with Gasteiger partial charge in [0.15, 0.2) is 0 Å². The SMILES string of the molecule is CCOc1cc(N)cc(C(=O)N2CCCNC(=O)C2)c1. The maximum absolute atomic E-state index is 12.4. The number of carbonyl (C=O) groups excluding carboxylic acids is 2. The summed E-state index contributed by atoms with van der Waals surface area (Å²) in [7, 11) is 0. The molecule has 1 fully saturated rings. The molecule has 20 heavy (non-hydrogen) atoms. The number of hydrogen-bond acceptors (Lipinski definition) is 4. The fourth-order valence-corrected chi connectivity index (χ4v) is 2.16. The minimum atomic E-state index is -0.199. The van der Waals surface area contributed by atoms with Crippen LogP contribution in [0.4, 0.5) is 5.69 Å². The van der Waals surface area contributed by atoms with Gasteiger partial charge < -0.3 is 20.7 Å². The Morgan fingerprint density at radius 1 is 1.45 bits per heavy atom. The highest BCUT2D eigenvalue weighted by atomic mass is 16.5. The van der Waals surface area contributed by atoms with E-state index in [1.807, 2.05) is 6.92 Å². The molecule has 0 aromatic heterocycles. The van der Waals surface area contributed by atoms with Gasteiger partial charge in [0.1, 0.15) is 5.75 Å². The monoisotopic (exact) mass is 277 g/mol. The number of amides is 2. The molecule has 0 radical (unpaired) electrons. The molecule has 2 amide bonds. The number of rotatable bonds is 3. The number of ether oxygens (including phenoxy) is 1. The summed E-state index contributed by atoms with van der Waals surface area (Å²) in [5.74, 6) is 0.232. The number of nitrogens with one attached hydrogen (secondary N) is 1. The lowest BCUT2D eigenvalue weighted by atomic mass is 10.1. The molecule has 1 aliphatic heterocycles. The van der Waals surface area contributed by atoms with E-state index in [0.717, 1.165) is 6.42 Å². The summed E-state index contributed by atoms with van der Waals surface area (Å²) in [5, 5.41) is 2.74. The Kier molecular flexibility index (Phi) is 4.45. The maximum Gasteiger partial charge on any atom is 0.254 e. The molecule has 0 saturated carbocycles. The van der Waals surface area contributed by atoms with E-state index in [2.05, 4.69) is 5.32 Å². The van der Waals surface area contributed by atoms with Crippen LogP contribution in [0.15, 0.2) is 18.2 Å². The molecule has 3 N–H and O–H groups in total. The number of carbonyl (C=O) groups is 2. The van der Waals surface area contributed by atoms with E-state index in [-0.39, 0.29) is 18.4 Å². The van der Waals surface area contributed by atoms with Crippen LogP contribution in [0.25, 0.3) is 0 Å². The first-order chi connectivity index (χ1) is 9.60. The van der Waals surface area contributed by atoms with E-state index in [1.165, 1.54) is 4.90 Å². The molecule has 2 rings (SSSR count). The predicted molar refractivity (Wildman–Crippen MR) is 75.6 cm³/mol. The Morgan fingerprint density at radius 3 is 3.00 bits per heavy atom. The fraction of sp³-hybridized carbons (Fsp3) is 0.429. The summed E-state index contributed by atoms with van der Waals surface area (Å²) >= 11 is 0. The minimum Gasteiger partial charge on any atom is -0.494 e. The first-order valence-corrected chi connectivity index (χ1v) is 6.69. The maximum atomic E-state index is 12.4. The van der Waals surface area contributed by atoms with Crippen LogP contribution in [0, 0.1) is 0 Å². The highest BCUT2D eigenvalue weighted by Crippen LogP contribution is 2.20. The molecule has 0 bridgehead atoms. The molecule has 0 atom stereocenters. The number of benzene rings is 1. The Morgan fingerprint density at radius 2 is 2.25 bits per heavy atom. The van der Waals surface area contributed by atoms with Gasteiger partial charge in [0, 0.05) is 30.4 Å². The van der Waals surface area contributed by atoms with E-state index in [9.17, 15) is 9.59 Å². The zero-order chi connectivity index (χ0) is 14.5. The van der Waals surface area contributed by atoms with Gasteiger partial charge in [-0.3, -0.25) is 9.59 Å². The van der Waals surface area contributed by atoms with Crippen LogP contribution in [-0.2, 0) is 4.79 Å². The largest absolute Gasteiger partial charge is 0.494 e. The van der Waals surface area contributed by atoms with E-state index >= 15 is 0 Å². The summed E-state index contributed by atoms with van der Waals surface area (Å²) in [4.78, 5) is 25.5. The molecule has 0 aliphatic carbocycles. The number of nitrogen functional groups attached to an aromatic ring is 1. The van der Waals surface area contributed by atoms with Crippen LogP contribution < -0.4 is 15.8 Å². The van der Waals surface area contributed by atoms with Crippen LogP contribution in [-0.4, -0.2) is 43.0 Å². The van der Waals surface area contributed by atoms with Gasteiger partial charge in [0.2, 0.25) is 5.91 Å². The van der Waals surface area contributed by atoms with Gasteiger partial charge in [0.25, 0.3) is 5.91 Å². The number of anilines is 1. The topological polar surface area (TPSA) is 84.7 Å². The van der Waals surface area contributed by atoms with Gasteiger partial charge in [-0.15, -0.1) is 0 Å². The molecular weight excluding hydrogens is 258 g/mol. The first-order valence-electron chi connectivity index (χ1n) is 6.69. The second-order valence-electron chi connectivity index (χ2n) is 4.65. The zero-order valence-corrected chi connectivity index (χ0v) is 11.5. The molecule has 1 aliphatic rings. The molecule has 1 aromatic carbocycles. The third-order valence-electron chi connectivity index (χ3n) is 3.04. The van der Waals surface area contributed by atoms with E-state index in [4.69, 9.17) is 10.5 Å². The van der Waals surface area contributed by atoms with Gasteiger partial charge in [-0.05, 0) is 25.5 Å². The van der Waals surface area contributed by atoms with Crippen molar-refractivity contribution in [2.45, 2.75) is 13.3 Å². The van der Waals surface area contributed by atoms with Crippen molar-refractivity contribution in [1.29, 1.82) is 0 Å². The van der Waals surface area contributed by atoms with Crippen molar-refractivity contribution in [1.82, 2.24) is 10.2 Å². The highest BCUT2D eigenvalue weighted by molar-refractivity contribution is 5.97. The van der Waals surface area contributed by atoms with Crippen molar-refractivity contribution in [3.63, 3.8) is 0 Å². The van der Waals surface area contributed by atoms with Gasteiger partial charge in [-0.2, -0.15) is 0 Å². The predicted octanol–water partition coefficient (Wildman–Crippen LogP) is 0.630. The number of nitrogens with zero attached hydrogens (tertiary/aromatic N) is 1. The lowest BCUT2D eigenvalue weighted by Gasteiger charge is -2.19. The quantitative estimate of drug-likeness (QED) is 0.794. The Hall–Kier alpha value is -2.24. The van der Waals surface area contributed by atoms with Gasteiger partial charge in [0.05, 0.1) is 13.2 Å². The molecule has 1 heterocycles. The lowest BCUT2D eigenvalue weighted by Crippen LogP contribution is -2.37. The molecule has 0 spiro atoms. The van der Waals surface area contributed by atoms with Crippen LogP contribution in [0.3, 0.4) is 0 Å². The van der Waals surface area contributed by atoms with Crippen LogP contribution in [0.5, 0.6) is 5.75 Å². The molecule has 1 saturated heterocycles. The third kappa shape index (κ3) is 3.40. The third-order valence-corrected chi connectivity index (χ3v) is 3.04. The molecule has 0 unspecified atom stereocenters. The highest BCUT2D eigenvalue weighted by Gasteiger charge is 2.21. The molecule has 1 aromatic rings. The lowest BCUT2D eigenvalue weighted by molar-refractivity contribution is -0.121. The summed E-state index contributed by atoms with van der Waals surface area (Å²) in [5.41, 5.74) is 6.70. The molecule has 6 heteroatoms. The minimum absolute atomic E-state index is 0.0810. The van der Waals surface area contributed by atoms with Crippen LogP contribution >= 0.6 is 0 Å². The van der Waals surface area contributed by atoms with Crippen molar-refractivity contribution in [2.75, 3.05) is 32.0 Å². The molecule has 6 nitrogen and oxygen atoms in total. The van der Waals surface area contributed by atoms with Crippen LogP contribution in [0.2, 0.25) is 0 Å². The van der Waals surface area contributed by atoms with E-state index < -0.39 is 0 Å². The first kappa shape index (κ1) is 14.2. The standard InChI is InChI=1S/C14H19N3O3/c1-2-20-12-7-10(6-11(15)8-12)14(19)17-5-3-4-16-13(18)9-17/h6-8H,2-5,9,15H2,1H3,(H,16,18). The number of nitrogens with two attached hydrogens (primary N) is 1. The zero-order valence-electron chi connectivity index (χ0n) is 11.5. The normalized spacial score (nSPS) is 15.4.